The molecule has 2 N–H and O–H groups in total. The van der Waals surface area contributed by atoms with Gasteiger partial charge in [0.25, 0.3) is 0 Å². The number of nitrogens with zero attached hydrogens (tertiary/aromatic N) is 4. The van der Waals surface area contributed by atoms with E-state index in [2.05, 4.69) is 50.3 Å². The van der Waals surface area contributed by atoms with Gasteiger partial charge in [0.1, 0.15) is 11.2 Å². The van der Waals surface area contributed by atoms with E-state index >= 15 is 0 Å². The van der Waals surface area contributed by atoms with Gasteiger partial charge in [0.05, 0.1) is 33.2 Å². The van der Waals surface area contributed by atoms with Gasteiger partial charge in [-0.2, -0.15) is 5.10 Å². The largest absolute Gasteiger partial charge is 0.353 e. The smallest absolute Gasteiger partial charge is 0.135 e. The van der Waals surface area contributed by atoms with Crippen LogP contribution in [-0.4, -0.2) is 30.1 Å². The van der Waals surface area contributed by atoms with Crippen molar-refractivity contribution in [3.05, 3.63) is 71.9 Å². The number of fused-ring (bicyclic) bond motifs is 2. The van der Waals surface area contributed by atoms with Crippen LogP contribution in [0.15, 0.2) is 67.0 Å². The first-order valence-electron chi connectivity index (χ1n) is 9.58. The molecule has 6 aromatic heterocycles. The molecule has 0 saturated heterocycles. The van der Waals surface area contributed by atoms with Crippen molar-refractivity contribution in [2.75, 3.05) is 0 Å². The molecule has 6 nitrogen and oxygen atoms in total. The number of hydrogen-bond acceptors (Lipinski definition) is 5. The summed E-state index contributed by atoms with van der Waals surface area (Å²) in [7, 11) is 0. The Kier molecular flexibility index (Phi) is 3.75. The number of nitrogens with one attached hydrogen (secondary N) is 2. The fraction of sp³-hybridized carbons (Fsp3) is 0.0435. The lowest BCUT2D eigenvalue weighted by molar-refractivity contribution is 1.12. The summed E-state index contributed by atoms with van der Waals surface area (Å²) in [5.41, 5.74) is 7.05. The van der Waals surface area contributed by atoms with Crippen LogP contribution in [0.25, 0.3) is 55.3 Å². The average molecular weight is 408 g/mol. The Morgan fingerprint density at radius 1 is 0.833 bits per heavy atom. The number of thiophene rings is 1. The first kappa shape index (κ1) is 17.1. The van der Waals surface area contributed by atoms with Crippen LogP contribution in [0.2, 0.25) is 0 Å². The van der Waals surface area contributed by atoms with Crippen molar-refractivity contribution in [2.45, 2.75) is 6.92 Å². The van der Waals surface area contributed by atoms with Gasteiger partial charge in [-0.15, -0.1) is 11.3 Å². The van der Waals surface area contributed by atoms with Crippen LogP contribution in [0.5, 0.6) is 0 Å². The number of H-pyrrole nitrogens is 2. The van der Waals surface area contributed by atoms with Crippen LogP contribution in [0.3, 0.4) is 0 Å². The van der Waals surface area contributed by atoms with Crippen molar-refractivity contribution in [2.24, 2.45) is 0 Å². The lowest BCUT2D eigenvalue weighted by Crippen LogP contribution is -1.87. The highest BCUT2D eigenvalue weighted by molar-refractivity contribution is 7.15. The Bertz CT molecular complexity index is 1510. The molecule has 6 aromatic rings. The quantitative estimate of drug-likeness (QED) is 0.399. The maximum atomic E-state index is 4.85. The van der Waals surface area contributed by atoms with Crippen LogP contribution in [0.1, 0.15) is 4.88 Å². The summed E-state index contributed by atoms with van der Waals surface area (Å²) in [5.74, 6) is 0. The highest BCUT2D eigenvalue weighted by atomic mass is 32.1. The average Bonchev–Trinajstić information content (AvgIpc) is 3.51. The number of aromatic amines is 2. The maximum absolute atomic E-state index is 4.85. The fourth-order valence-corrected chi connectivity index (χ4v) is 4.56. The minimum absolute atomic E-state index is 0.785. The summed E-state index contributed by atoms with van der Waals surface area (Å²) in [5, 5.41) is 8.71. The third kappa shape index (κ3) is 2.71. The van der Waals surface area contributed by atoms with Crippen LogP contribution >= 0.6 is 11.3 Å². The second kappa shape index (κ2) is 6.60. The molecule has 0 aliphatic heterocycles. The molecule has 0 aliphatic rings. The molecular formula is C23H16N6S. The molecule has 0 atom stereocenters. The van der Waals surface area contributed by atoms with E-state index in [0.717, 1.165) is 55.3 Å². The van der Waals surface area contributed by atoms with E-state index in [-0.39, 0.29) is 0 Å². The van der Waals surface area contributed by atoms with Gasteiger partial charge in [0.15, 0.2) is 0 Å². The van der Waals surface area contributed by atoms with Gasteiger partial charge in [-0.1, -0.05) is 6.07 Å². The summed E-state index contributed by atoms with van der Waals surface area (Å²) < 4.78 is 0. The highest BCUT2D eigenvalue weighted by Crippen LogP contribution is 2.35. The number of hydrogen-bond donors (Lipinski definition) is 2. The van der Waals surface area contributed by atoms with Gasteiger partial charge < -0.3 is 4.98 Å². The molecule has 0 saturated carbocycles. The molecule has 0 bridgehead atoms. The van der Waals surface area contributed by atoms with Crippen molar-refractivity contribution in [3.63, 3.8) is 0 Å². The Morgan fingerprint density at radius 3 is 2.63 bits per heavy atom. The zero-order valence-electron chi connectivity index (χ0n) is 16.0. The molecule has 0 aromatic carbocycles. The van der Waals surface area contributed by atoms with E-state index in [1.54, 1.807) is 17.5 Å². The predicted molar refractivity (Wildman–Crippen MR) is 120 cm³/mol. The highest BCUT2D eigenvalue weighted by Gasteiger charge is 2.16. The van der Waals surface area contributed by atoms with Gasteiger partial charge in [-0.25, -0.2) is 4.98 Å². The van der Waals surface area contributed by atoms with E-state index in [1.807, 2.05) is 42.6 Å². The molecule has 0 aliphatic carbocycles. The Morgan fingerprint density at radius 2 is 1.80 bits per heavy atom. The number of pyridine rings is 3. The van der Waals surface area contributed by atoms with Gasteiger partial charge in [-0.3, -0.25) is 15.1 Å². The van der Waals surface area contributed by atoms with E-state index in [4.69, 9.17) is 4.98 Å². The first-order valence-corrected chi connectivity index (χ1v) is 10.4. The van der Waals surface area contributed by atoms with Crippen molar-refractivity contribution in [1.29, 1.82) is 0 Å². The molecule has 6 rings (SSSR count). The minimum atomic E-state index is 0.785. The molecule has 0 spiro atoms. The standard InChI is InChI=1S/C23H16N6S/c1-13-5-8-20(30-13)21-14-12-19(26-15(14)9-11-25-21)23-22-18(28-29-23)7-6-17(27-22)16-4-2-3-10-24-16/h2-12,26H,1H3,(H,28,29). The molecule has 144 valence electrons. The van der Waals surface area contributed by atoms with Crippen LogP contribution in [-0.2, 0) is 0 Å². The van der Waals surface area contributed by atoms with Crippen molar-refractivity contribution in [1.82, 2.24) is 30.1 Å². The van der Waals surface area contributed by atoms with Crippen LogP contribution < -0.4 is 0 Å². The topological polar surface area (TPSA) is 83.1 Å². The molecule has 0 amide bonds. The summed E-state index contributed by atoms with van der Waals surface area (Å²) in [4.78, 5) is 19.8. The Labute approximate surface area is 175 Å². The zero-order valence-corrected chi connectivity index (χ0v) is 16.9. The minimum Gasteiger partial charge on any atom is -0.353 e. The zero-order chi connectivity index (χ0) is 20.1. The summed E-state index contributed by atoms with van der Waals surface area (Å²) in [6.45, 7) is 2.11. The lowest BCUT2D eigenvalue weighted by Gasteiger charge is -2.00. The summed E-state index contributed by atoms with van der Waals surface area (Å²) in [6.07, 6.45) is 3.61. The van der Waals surface area contributed by atoms with E-state index in [1.165, 1.54) is 4.88 Å². The van der Waals surface area contributed by atoms with Gasteiger partial charge in [0.2, 0.25) is 0 Å². The van der Waals surface area contributed by atoms with E-state index < -0.39 is 0 Å². The number of aryl methyl sites for hydroxylation is 1. The number of rotatable bonds is 3. The van der Waals surface area contributed by atoms with Gasteiger partial charge in [0, 0.05) is 28.2 Å². The summed E-state index contributed by atoms with van der Waals surface area (Å²) >= 11 is 1.75. The first-order chi connectivity index (χ1) is 14.8. The third-order valence-corrected chi connectivity index (χ3v) is 6.12. The normalized spacial score (nSPS) is 11.5. The van der Waals surface area contributed by atoms with Crippen molar-refractivity contribution in [3.8, 4) is 33.3 Å². The molecule has 0 fully saturated rings. The molecule has 6 heterocycles. The molecule has 30 heavy (non-hydrogen) atoms. The molecule has 7 heteroatoms. The van der Waals surface area contributed by atoms with Crippen LogP contribution in [0.4, 0.5) is 0 Å². The monoisotopic (exact) mass is 408 g/mol. The second-order valence-electron chi connectivity index (χ2n) is 7.09. The van der Waals surface area contributed by atoms with Crippen LogP contribution in [0, 0.1) is 6.92 Å². The maximum Gasteiger partial charge on any atom is 0.135 e. The molecule has 0 radical (unpaired) electrons. The van der Waals surface area contributed by atoms with E-state index in [0.29, 0.717) is 0 Å². The molecule has 0 unspecified atom stereocenters. The van der Waals surface area contributed by atoms with E-state index in [9.17, 15) is 0 Å². The predicted octanol–water partition coefficient (Wildman–Crippen LogP) is 5.60. The fourth-order valence-electron chi connectivity index (χ4n) is 3.68. The van der Waals surface area contributed by atoms with Crippen molar-refractivity contribution >= 4 is 33.3 Å². The lowest BCUT2D eigenvalue weighted by atomic mass is 10.1. The Hall–Kier alpha value is -3.84. The van der Waals surface area contributed by atoms with Crippen molar-refractivity contribution < 1.29 is 0 Å². The second-order valence-corrected chi connectivity index (χ2v) is 8.38. The van der Waals surface area contributed by atoms with Gasteiger partial charge in [-0.05, 0) is 55.5 Å². The Balaban J connectivity index is 1.52. The third-order valence-electron chi connectivity index (χ3n) is 5.11. The number of aromatic nitrogens is 6. The summed E-state index contributed by atoms with van der Waals surface area (Å²) in [6, 6.07) is 18.1. The molecular weight excluding hydrogens is 392 g/mol. The van der Waals surface area contributed by atoms with Gasteiger partial charge >= 0.3 is 0 Å². The SMILES string of the molecule is Cc1ccc(-c2nccc3[nH]c(-c4n[nH]c5ccc(-c6ccccn6)nc45)cc23)s1.